The van der Waals surface area contributed by atoms with Crippen LogP contribution in [0.5, 0.6) is 0 Å². The smallest absolute Gasteiger partial charge is 0.139 e. The van der Waals surface area contributed by atoms with Crippen LogP contribution in [0.4, 0.5) is 0 Å². The average Bonchev–Trinajstić information content (AvgIpc) is 2.90. The highest BCUT2D eigenvalue weighted by atomic mass is 16.5. The minimum absolute atomic E-state index is 0.0178. The Morgan fingerprint density at radius 2 is 1.68 bits per heavy atom. The molecule has 0 amide bonds. The molecule has 0 aliphatic heterocycles. The second kappa shape index (κ2) is 6.03. The molecule has 4 aliphatic rings. The Labute approximate surface area is 151 Å². The number of methoxy groups -OCH3 is 2. The number of carbonyl (C=O) groups is 1. The Kier molecular flexibility index (Phi) is 4.33. The highest BCUT2D eigenvalue weighted by Gasteiger charge is 2.65. The summed E-state index contributed by atoms with van der Waals surface area (Å²) in [4.78, 5) is 12.7. The standard InChI is InChI=1S/C21H34O4/c1-20-9-7-12(22)11-15(20)18(24-3)19(25-4)17-13-5-6-16(23)21(13,2)10-8-14(17)20/h12-15,17-19,22H,5-11H2,1-4H3/t12-,13?,14?,15?,17?,18+,19+,20+,21-/m0/s1. The van der Waals surface area contributed by atoms with E-state index in [1.54, 1.807) is 14.2 Å². The van der Waals surface area contributed by atoms with E-state index in [0.717, 1.165) is 44.9 Å². The Morgan fingerprint density at radius 3 is 2.36 bits per heavy atom. The number of hydrogen-bond acceptors (Lipinski definition) is 4. The molecule has 25 heavy (non-hydrogen) atoms. The molecule has 4 nitrogen and oxygen atoms in total. The first-order valence-electron chi connectivity index (χ1n) is 10.1. The average molecular weight is 350 g/mol. The summed E-state index contributed by atoms with van der Waals surface area (Å²) in [6.07, 6.45) is 6.50. The van der Waals surface area contributed by atoms with E-state index < -0.39 is 0 Å². The fraction of sp³-hybridized carbons (Fsp3) is 0.952. The number of aliphatic hydroxyl groups excluding tert-OH is 1. The topological polar surface area (TPSA) is 55.8 Å². The van der Waals surface area contributed by atoms with E-state index in [4.69, 9.17) is 9.47 Å². The molecular weight excluding hydrogens is 316 g/mol. The van der Waals surface area contributed by atoms with Gasteiger partial charge >= 0.3 is 0 Å². The van der Waals surface area contributed by atoms with Crippen molar-refractivity contribution in [3.05, 3.63) is 0 Å². The van der Waals surface area contributed by atoms with Gasteiger partial charge in [0.25, 0.3) is 0 Å². The summed E-state index contributed by atoms with van der Waals surface area (Å²) < 4.78 is 12.1. The van der Waals surface area contributed by atoms with E-state index in [1.807, 2.05) is 0 Å². The summed E-state index contributed by atoms with van der Waals surface area (Å²) in [5, 5.41) is 10.3. The zero-order valence-corrected chi connectivity index (χ0v) is 16.2. The number of carbonyl (C=O) groups excluding carboxylic acids is 1. The van der Waals surface area contributed by atoms with Crippen LogP contribution in [0.1, 0.15) is 58.8 Å². The Balaban J connectivity index is 1.77. The van der Waals surface area contributed by atoms with Gasteiger partial charge in [-0.05, 0) is 67.6 Å². The van der Waals surface area contributed by atoms with Gasteiger partial charge in [-0.15, -0.1) is 0 Å². The molecule has 4 unspecified atom stereocenters. The van der Waals surface area contributed by atoms with Crippen molar-refractivity contribution in [3.63, 3.8) is 0 Å². The second-order valence-corrected chi connectivity index (χ2v) is 9.65. The third-order valence-electron chi connectivity index (χ3n) is 8.92. The van der Waals surface area contributed by atoms with E-state index in [9.17, 15) is 9.90 Å². The molecule has 0 aromatic heterocycles. The number of rotatable bonds is 2. The lowest BCUT2D eigenvalue weighted by molar-refractivity contribution is -0.232. The normalized spacial score (nSPS) is 55.4. The van der Waals surface area contributed by atoms with Gasteiger partial charge < -0.3 is 14.6 Å². The maximum atomic E-state index is 12.7. The predicted octanol–water partition coefficient (Wildman–Crippen LogP) is 3.21. The Bertz CT molecular complexity index is 548. The highest BCUT2D eigenvalue weighted by molar-refractivity contribution is 5.87. The summed E-state index contributed by atoms with van der Waals surface area (Å²) in [6, 6.07) is 0. The third-order valence-corrected chi connectivity index (χ3v) is 8.92. The van der Waals surface area contributed by atoms with Gasteiger partial charge in [0.15, 0.2) is 0 Å². The van der Waals surface area contributed by atoms with Crippen molar-refractivity contribution in [1.29, 1.82) is 0 Å². The molecule has 0 bridgehead atoms. The molecule has 9 atom stereocenters. The lowest BCUT2D eigenvalue weighted by Crippen LogP contribution is -2.65. The van der Waals surface area contributed by atoms with Crippen molar-refractivity contribution < 1.29 is 19.4 Å². The molecule has 0 heterocycles. The van der Waals surface area contributed by atoms with Crippen LogP contribution in [0.15, 0.2) is 0 Å². The van der Waals surface area contributed by atoms with Crippen molar-refractivity contribution in [2.24, 2.45) is 34.5 Å². The van der Waals surface area contributed by atoms with Gasteiger partial charge in [-0.2, -0.15) is 0 Å². The minimum atomic E-state index is -0.216. The molecule has 4 aliphatic carbocycles. The molecule has 0 spiro atoms. The van der Waals surface area contributed by atoms with E-state index in [-0.39, 0.29) is 29.1 Å². The summed E-state index contributed by atoms with van der Waals surface area (Å²) in [6.45, 7) is 4.63. The van der Waals surface area contributed by atoms with Crippen molar-refractivity contribution in [2.45, 2.75) is 77.1 Å². The predicted molar refractivity (Wildman–Crippen MR) is 95.1 cm³/mol. The molecule has 142 valence electrons. The molecule has 0 aromatic carbocycles. The van der Waals surface area contributed by atoms with Crippen molar-refractivity contribution in [3.8, 4) is 0 Å². The molecular formula is C21H34O4. The largest absolute Gasteiger partial charge is 0.393 e. The van der Waals surface area contributed by atoms with E-state index in [2.05, 4.69) is 13.8 Å². The number of ether oxygens (including phenoxy) is 2. The summed E-state index contributed by atoms with van der Waals surface area (Å²) in [7, 11) is 3.60. The maximum absolute atomic E-state index is 12.7. The second-order valence-electron chi connectivity index (χ2n) is 9.65. The molecule has 4 heteroatoms. The summed E-state index contributed by atoms with van der Waals surface area (Å²) in [5.74, 6) is 2.20. The fourth-order valence-corrected chi connectivity index (χ4v) is 7.55. The van der Waals surface area contributed by atoms with Crippen LogP contribution in [0.3, 0.4) is 0 Å². The molecule has 0 radical (unpaired) electrons. The van der Waals surface area contributed by atoms with E-state index >= 15 is 0 Å². The summed E-state index contributed by atoms with van der Waals surface area (Å²) in [5.41, 5.74) is 0.0280. The van der Waals surface area contributed by atoms with Gasteiger partial charge in [-0.1, -0.05) is 13.8 Å². The molecule has 4 fully saturated rings. The van der Waals surface area contributed by atoms with Crippen LogP contribution in [-0.2, 0) is 14.3 Å². The molecule has 0 aromatic rings. The Morgan fingerprint density at radius 1 is 0.960 bits per heavy atom. The zero-order chi connectivity index (χ0) is 18.0. The first-order chi connectivity index (χ1) is 11.9. The lowest BCUT2D eigenvalue weighted by Gasteiger charge is -2.63. The Hall–Kier alpha value is -0.450. The van der Waals surface area contributed by atoms with Gasteiger partial charge in [0.2, 0.25) is 0 Å². The number of ketones is 1. The van der Waals surface area contributed by atoms with Gasteiger partial charge in [0.05, 0.1) is 18.3 Å². The first kappa shape index (κ1) is 17.9. The van der Waals surface area contributed by atoms with Crippen LogP contribution in [0.25, 0.3) is 0 Å². The van der Waals surface area contributed by atoms with Crippen LogP contribution >= 0.6 is 0 Å². The number of Topliss-reactive ketones (excluding diaryl/α,β-unsaturated/α-hetero) is 1. The quantitative estimate of drug-likeness (QED) is 0.831. The van der Waals surface area contributed by atoms with Crippen molar-refractivity contribution >= 4 is 5.78 Å². The van der Waals surface area contributed by atoms with Crippen LogP contribution in [-0.4, -0.2) is 43.4 Å². The SMILES string of the molecule is CO[C@@H]1C2C(CC[C@]3(C)C(=O)CCC23)[C@@]2(C)CC[C@H](O)CC2[C@H]1OC. The zero-order valence-electron chi connectivity index (χ0n) is 16.2. The minimum Gasteiger partial charge on any atom is -0.393 e. The van der Waals surface area contributed by atoms with Crippen molar-refractivity contribution in [2.75, 3.05) is 14.2 Å². The van der Waals surface area contributed by atoms with Crippen LogP contribution < -0.4 is 0 Å². The van der Waals surface area contributed by atoms with E-state index in [0.29, 0.717) is 29.5 Å². The van der Waals surface area contributed by atoms with Crippen LogP contribution in [0.2, 0.25) is 0 Å². The van der Waals surface area contributed by atoms with E-state index in [1.165, 1.54) is 0 Å². The maximum Gasteiger partial charge on any atom is 0.139 e. The first-order valence-corrected chi connectivity index (χ1v) is 10.1. The number of fused-ring (bicyclic) bond motifs is 5. The molecule has 4 rings (SSSR count). The molecule has 1 N–H and O–H groups in total. The third kappa shape index (κ3) is 2.33. The number of aliphatic hydroxyl groups is 1. The van der Waals surface area contributed by atoms with Gasteiger partial charge in [0.1, 0.15) is 5.78 Å². The van der Waals surface area contributed by atoms with Gasteiger partial charge in [-0.3, -0.25) is 4.79 Å². The number of hydrogen-bond donors (Lipinski definition) is 1. The molecule has 0 saturated heterocycles. The van der Waals surface area contributed by atoms with Crippen LogP contribution in [0, 0.1) is 34.5 Å². The monoisotopic (exact) mass is 350 g/mol. The molecule has 4 saturated carbocycles. The highest BCUT2D eigenvalue weighted by Crippen LogP contribution is 2.66. The van der Waals surface area contributed by atoms with Gasteiger partial charge in [0, 0.05) is 26.1 Å². The lowest BCUT2D eigenvalue weighted by atomic mass is 9.43. The summed E-state index contributed by atoms with van der Waals surface area (Å²) >= 11 is 0. The van der Waals surface area contributed by atoms with Gasteiger partial charge in [-0.25, -0.2) is 0 Å². The fourth-order valence-electron chi connectivity index (χ4n) is 7.55. The van der Waals surface area contributed by atoms with Crippen molar-refractivity contribution in [1.82, 2.24) is 0 Å².